The Labute approximate surface area is 210 Å². The van der Waals surface area contributed by atoms with Gasteiger partial charge >= 0.3 is 5.97 Å². The van der Waals surface area contributed by atoms with Gasteiger partial charge in [-0.1, -0.05) is 46.3 Å². The van der Waals surface area contributed by atoms with Crippen molar-refractivity contribution in [3.8, 4) is 0 Å². The minimum Gasteiger partial charge on any atom is -0.430 e. The van der Waals surface area contributed by atoms with Crippen LogP contribution in [-0.4, -0.2) is 33.4 Å². The van der Waals surface area contributed by atoms with Crippen molar-refractivity contribution >= 4 is 74.8 Å². The molecule has 3 rings (SSSR count). The number of alkyl halides is 1. The second-order valence-electron chi connectivity index (χ2n) is 7.74. The van der Waals surface area contributed by atoms with Crippen LogP contribution in [0.2, 0.25) is 4.34 Å². The molecule has 170 valence electrons. The Hall–Kier alpha value is -0.580. The zero-order valence-electron chi connectivity index (χ0n) is 17.5. The molecule has 0 radical (unpaired) electrons. The summed E-state index contributed by atoms with van der Waals surface area (Å²) in [6, 6.07) is 3.71. The van der Waals surface area contributed by atoms with E-state index in [0.717, 1.165) is 17.1 Å². The van der Waals surface area contributed by atoms with E-state index in [9.17, 15) is 9.59 Å². The summed E-state index contributed by atoms with van der Waals surface area (Å²) in [5.41, 5.74) is 0.965. The number of hydrogen-bond acceptors (Lipinski definition) is 7. The molecule has 0 bridgehead atoms. The number of oxime groups is 1. The highest BCUT2D eigenvalue weighted by Crippen LogP contribution is 2.39. The van der Waals surface area contributed by atoms with Crippen molar-refractivity contribution in [1.29, 1.82) is 0 Å². The number of nitrogens with zero attached hydrogens (tertiary/aromatic N) is 1. The van der Waals surface area contributed by atoms with Crippen molar-refractivity contribution in [2.45, 2.75) is 52.1 Å². The van der Waals surface area contributed by atoms with Crippen LogP contribution >= 0.6 is 57.3 Å². The van der Waals surface area contributed by atoms with Crippen LogP contribution in [0, 0.1) is 11.8 Å². The van der Waals surface area contributed by atoms with E-state index in [4.69, 9.17) is 21.2 Å². The van der Waals surface area contributed by atoms with Crippen LogP contribution in [0.25, 0.3) is 0 Å². The largest absolute Gasteiger partial charge is 0.430 e. The van der Waals surface area contributed by atoms with Gasteiger partial charge in [0.15, 0.2) is 12.4 Å². The van der Waals surface area contributed by atoms with Crippen LogP contribution < -0.4 is 0 Å². The molecule has 5 nitrogen and oxygen atoms in total. The van der Waals surface area contributed by atoms with Gasteiger partial charge in [0.1, 0.15) is 11.5 Å². The average Bonchev–Trinajstić information content (AvgIpc) is 3.17. The van der Waals surface area contributed by atoms with E-state index < -0.39 is 0 Å². The number of thiophene rings is 1. The van der Waals surface area contributed by atoms with Crippen LogP contribution in [0.3, 0.4) is 0 Å². The van der Waals surface area contributed by atoms with Crippen molar-refractivity contribution in [2.75, 3.05) is 15.9 Å². The van der Waals surface area contributed by atoms with Crippen LogP contribution in [-0.2, 0) is 25.8 Å². The van der Waals surface area contributed by atoms with Crippen LogP contribution in [0.4, 0.5) is 0 Å². The summed E-state index contributed by atoms with van der Waals surface area (Å²) >= 11 is 11.5. The predicted molar refractivity (Wildman–Crippen MR) is 136 cm³/mol. The Morgan fingerprint density at radius 3 is 2.81 bits per heavy atom. The third-order valence-electron chi connectivity index (χ3n) is 5.43. The lowest BCUT2D eigenvalue weighted by Crippen LogP contribution is -2.32. The summed E-state index contributed by atoms with van der Waals surface area (Å²) in [7, 11) is 0. The number of halogens is 2. The van der Waals surface area contributed by atoms with Gasteiger partial charge in [-0.25, -0.2) is 0 Å². The number of carbonyl (C=O) groups is 2. The molecule has 0 saturated carbocycles. The zero-order valence-corrected chi connectivity index (χ0v) is 22.1. The maximum absolute atomic E-state index is 13.2. The van der Waals surface area contributed by atoms with Gasteiger partial charge in [-0.15, -0.1) is 11.3 Å². The van der Waals surface area contributed by atoms with Crippen molar-refractivity contribution < 1.29 is 19.2 Å². The quantitative estimate of drug-likeness (QED) is 0.108. The molecule has 2 unspecified atom stereocenters. The monoisotopic (exact) mass is 595 g/mol. The fourth-order valence-electron chi connectivity index (χ4n) is 3.93. The minimum absolute atomic E-state index is 0.00399. The fraction of sp³-hybridized carbons (Fsp3) is 0.591. The molecule has 2 aliphatic rings. The highest BCUT2D eigenvalue weighted by molar-refractivity contribution is 14.1. The molecule has 2 atom stereocenters. The Bertz CT molecular complexity index is 848. The highest BCUT2D eigenvalue weighted by atomic mass is 127. The van der Waals surface area contributed by atoms with Crippen molar-refractivity contribution in [1.82, 2.24) is 0 Å². The van der Waals surface area contributed by atoms with Gasteiger partial charge in [-0.3, -0.25) is 9.59 Å². The number of hydrogen-bond donors (Lipinski definition) is 0. The summed E-state index contributed by atoms with van der Waals surface area (Å²) in [4.78, 5) is 32.0. The number of Topliss-reactive ketones (excluding diaryl/α,β-unsaturated/α-hetero) is 1. The molecule has 2 heterocycles. The van der Waals surface area contributed by atoms with Gasteiger partial charge in [0.05, 0.1) is 9.91 Å². The van der Waals surface area contributed by atoms with Crippen molar-refractivity contribution in [3.05, 3.63) is 32.7 Å². The van der Waals surface area contributed by atoms with Crippen LogP contribution in [0.5, 0.6) is 0 Å². The standard InChI is InChI=1S/C22H27ClINO4S2/c1-2-4-21(27)29-19-10-15(14-5-3-8-30-13-14)9-18(26)22(19)17(11-24)25-28-12-16-6-7-20(23)31-16/h6-7,14-15H,2-5,8-13H2,1H3. The lowest BCUT2D eigenvalue weighted by molar-refractivity contribution is -0.140. The number of thioether (sulfide) groups is 1. The molecule has 0 aromatic carbocycles. The average molecular weight is 596 g/mol. The van der Waals surface area contributed by atoms with Gasteiger partial charge in [-0.05, 0) is 54.7 Å². The van der Waals surface area contributed by atoms with E-state index in [2.05, 4.69) is 27.7 Å². The molecule has 31 heavy (non-hydrogen) atoms. The van der Waals surface area contributed by atoms with Gasteiger partial charge in [0.25, 0.3) is 0 Å². The van der Waals surface area contributed by atoms with Gasteiger partial charge in [0, 0.05) is 28.6 Å². The third-order valence-corrected chi connectivity index (χ3v) is 8.60. The van der Waals surface area contributed by atoms with E-state index in [0.29, 0.717) is 57.4 Å². The Morgan fingerprint density at radius 2 is 2.16 bits per heavy atom. The third kappa shape index (κ3) is 7.20. The fourth-order valence-corrected chi connectivity index (χ4v) is 6.72. The topological polar surface area (TPSA) is 65.0 Å². The maximum atomic E-state index is 13.2. The number of rotatable bonds is 9. The second-order valence-corrected chi connectivity index (χ2v) is 11.5. The Kier molecular flexibility index (Phi) is 10.2. The van der Waals surface area contributed by atoms with E-state index in [1.807, 2.05) is 30.8 Å². The molecule has 1 aliphatic carbocycles. The predicted octanol–water partition coefficient (Wildman–Crippen LogP) is 6.43. The number of allylic oxidation sites excluding steroid dienone is 2. The molecule has 1 saturated heterocycles. The van der Waals surface area contributed by atoms with Crippen LogP contribution in [0.15, 0.2) is 28.6 Å². The molecule has 0 spiro atoms. The van der Waals surface area contributed by atoms with E-state index >= 15 is 0 Å². The molecule has 1 aromatic heterocycles. The SMILES string of the molecule is CCCC(=O)OC1=C(C(CI)=NOCc2ccc(Cl)s2)C(=O)CC(C2CCCSC2)C1. The first-order valence-electron chi connectivity index (χ1n) is 10.6. The van der Waals surface area contributed by atoms with E-state index in [-0.39, 0.29) is 24.3 Å². The molecule has 1 aliphatic heterocycles. The summed E-state index contributed by atoms with van der Waals surface area (Å²) in [6.07, 6.45) is 4.45. The number of ether oxygens (including phenoxy) is 1. The second kappa shape index (κ2) is 12.6. The summed E-state index contributed by atoms with van der Waals surface area (Å²) in [6.45, 7) is 2.22. The van der Waals surface area contributed by atoms with E-state index in [1.54, 1.807) is 0 Å². The molecule has 9 heteroatoms. The van der Waals surface area contributed by atoms with Gasteiger partial charge in [0.2, 0.25) is 0 Å². The molecule has 0 amide bonds. The molecule has 1 aromatic rings. The molecule has 1 fully saturated rings. The molecular formula is C22H27ClINO4S2. The maximum Gasteiger partial charge on any atom is 0.310 e. The first-order chi connectivity index (χ1) is 15.0. The van der Waals surface area contributed by atoms with E-state index in [1.165, 1.54) is 23.5 Å². The Morgan fingerprint density at radius 1 is 1.32 bits per heavy atom. The summed E-state index contributed by atoms with van der Waals surface area (Å²) in [5, 5.41) is 4.26. The lowest BCUT2D eigenvalue weighted by atomic mass is 9.77. The Balaban J connectivity index is 1.82. The number of esters is 1. The van der Waals surface area contributed by atoms with Gasteiger partial charge in [-0.2, -0.15) is 11.8 Å². The first-order valence-corrected chi connectivity index (χ1v) is 14.4. The highest BCUT2D eigenvalue weighted by Gasteiger charge is 2.36. The molecular weight excluding hydrogens is 569 g/mol. The van der Waals surface area contributed by atoms with Gasteiger partial charge < -0.3 is 9.57 Å². The summed E-state index contributed by atoms with van der Waals surface area (Å²) in [5.74, 6) is 3.17. The first kappa shape index (κ1) is 25.1. The van der Waals surface area contributed by atoms with Crippen molar-refractivity contribution in [3.63, 3.8) is 0 Å². The smallest absolute Gasteiger partial charge is 0.310 e. The zero-order chi connectivity index (χ0) is 22.2. The lowest BCUT2D eigenvalue weighted by Gasteiger charge is -2.33. The molecule has 0 N–H and O–H groups in total. The normalized spacial score (nSPS) is 22.5. The number of carbonyl (C=O) groups excluding carboxylic acids is 2. The summed E-state index contributed by atoms with van der Waals surface area (Å²) < 4.78 is 6.93. The van der Waals surface area contributed by atoms with Crippen LogP contribution in [0.1, 0.15) is 50.3 Å². The number of ketones is 1. The minimum atomic E-state index is -0.288. The van der Waals surface area contributed by atoms with Crippen molar-refractivity contribution in [2.24, 2.45) is 17.0 Å².